The third-order valence-electron chi connectivity index (χ3n) is 4.61. The standard InChI is InChI=1S/C23H20N2O4S/c1-30(27,28)25-17-13-10-16(11-14-17)12-15-22(26)24-23-18-6-2-4-8-20(18)29-21-9-5-3-7-19(21)23/h2-15,23,25H,1H3,(H,24,26)/b15-12+. The maximum absolute atomic E-state index is 12.6. The van der Waals surface area contributed by atoms with E-state index in [9.17, 15) is 13.2 Å². The van der Waals surface area contributed by atoms with Gasteiger partial charge >= 0.3 is 0 Å². The maximum atomic E-state index is 12.6. The molecule has 1 aliphatic rings. The van der Waals surface area contributed by atoms with Gasteiger partial charge in [-0.1, -0.05) is 48.5 Å². The van der Waals surface area contributed by atoms with Crippen LogP contribution in [0, 0.1) is 0 Å². The number of fused-ring (bicyclic) bond motifs is 2. The van der Waals surface area contributed by atoms with E-state index in [-0.39, 0.29) is 11.9 Å². The van der Waals surface area contributed by atoms with Gasteiger partial charge in [0.2, 0.25) is 15.9 Å². The lowest BCUT2D eigenvalue weighted by molar-refractivity contribution is -0.116. The van der Waals surface area contributed by atoms with Crippen molar-refractivity contribution in [2.75, 3.05) is 11.0 Å². The average Bonchev–Trinajstić information content (AvgIpc) is 2.72. The molecule has 0 fully saturated rings. The predicted octanol–water partition coefficient (Wildman–Crippen LogP) is 4.08. The smallest absolute Gasteiger partial charge is 0.244 e. The maximum Gasteiger partial charge on any atom is 0.244 e. The Morgan fingerprint density at radius 3 is 2.03 bits per heavy atom. The molecule has 30 heavy (non-hydrogen) atoms. The molecule has 1 aliphatic heterocycles. The molecule has 2 N–H and O–H groups in total. The Morgan fingerprint density at radius 2 is 1.47 bits per heavy atom. The molecule has 1 heterocycles. The topological polar surface area (TPSA) is 84.5 Å². The molecule has 4 rings (SSSR count). The zero-order chi connectivity index (χ0) is 21.1. The van der Waals surface area contributed by atoms with E-state index in [1.165, 1.54) is 6.08 Å². The molecular formula is C23H20N2O4S. The van der Waals surface area contributed by atoms with Crippen molar-refractivity contribution in [3.8, 4) is 11.5 Å². The zero-order valence-electron chi connectivity index (χ0n) is 16.2. The number of benzene rings is 3. The Hall–Kier alpha value is -3.58. The van der Waals surface area contributed by atoms with E-state index in [1.54, 1.807) is 30.3 Å². The highest BCUT2D eigenvalue weighted by Crippen LogP contribution is 2.42. The summed E-state index contributed by atoms with van der Waals surface area (Å²) in [6.07, 6.45) is 4.23. The van der Waals surface area contributed by atoms with Crippen LogP contribution >= 0.6 is 0 Å². The van der Waals surface area contributed by atoms with Gasteiger partial charge in [0.15, 0.2) is 0 Å². The first-order valence-electron chi connectivity index (χ1n) is 9.31. The molecule has 1 amide bonds. The highest BCUT2D eigenvalue weighted by molar-refractivity contribution is 7.92. The van der Waals surface area contributed by atoms with E-state index in [0.717, 1.165) is 34.4 Å². The van der Waals surface area contributed by atoms with E-state index >= 15 is 0 Å². The van der Waals surface area contributed by atoms with Gasteiger partial charge in [-0.15, -0.1) is 0 Å². The Bertz CT molecular complexity index is 1170. The number of hydrogen-bond donors (Lipinski definition) is 2. The van der Waals surface area contributed by atoms with Crippen LogP contribution in [0.5, 0.6) is 11.5 Å². The lowest BCUT2D eigenvalue weighted by atomic mass is 9.94. The number of para-hydroxylation sites is 2. The summed E-state index contributed by atoms with van der Waals surface area (Å²) in [5.74, 6) is 1.20. The fourth-order valence-corrected chi connectivity index (χ4v) is 3.87. The van der Waals surface area contributed by atoms with Gasteiger partial charge in [0.1, 0.15) is 11.5 Å². The highest BCUT2D eigenvalue weighted by atomic mass is 32.2. The Balaban J connectivity index is 1.51. The molecule has 0 aliphatic carbocycles. The van der Waals surface area contributed by atoms with Crippen molar-refractivity contribution in [3.05, 3.63) is 95.6 Å². The zero-order valence-corrected chi connectivity index (χ0v) is 17.0. The van der Waals surface area contributed by atoms with Gasteiger partial charge < -0.3 is 10.1 Å². The molecule has 0 saturated heterocycles. The molecule has 7 heteroatoms. The van der Waals surface area contributed by atoms with Gasteiger partial charge in [0, 0.05) is 22.9 Å². The van der Waals surface area contributed by atoms with E-state index in [2.05, 4.69) is 10.0 Å². The van der Waals surface area contributed by atoms with E-state index in [0.29, 0.717) is 5.69 Å². The summed E-state index contributed by atoms with van der Waals surface area (Å²) in [5.41, 5.74) is 3.04. The number of anilines is 1. The van der Waals surface area contributed by atoms with Crippen LogP contribution in [0.2, 0.25) is 0 Å². The molecule has 0 bridgehead atoms. The van der Waals surface area contributed by atoms with Crippen LogP contribution in [0.15, 0.2) is 78.9 Å². The van der Waals surface area contributed by atoms with Crippen molar-refractivity contribution < 1.29 is 17.9 Å². The first kappa shape index (κ1) is 19.7. The minimum absolute atomic E-state index is 0.246. The largest absolute Gasteiger partial charge is 0.457 e. The monoisotopic (exact) mass is 420 g/mol. The highest BCUT2D eigenvalue weighted by Gasteiger charge is 2.27. The Morgan fingerprint density at radius 1 is 0.900 bits per heavy atom. The molecule has 3 aromatic rings. The summed E-state index contributed by atoms with van der Waals surface area (Å²) in [6, 6.07) is 21.7. The van der Waals surface area contributed by atoms with Crippen molar-refractivity contribution in [1.82, 2.24) is 5.32 Å². The molecule has 0 aromatic heterocycles. The number of hydrogen-bond acceptors (Lipinski definition) is 4. The summed E-state index contributed by atoms with van der Waals surface area (Å²) in [4.78, 5) is 12.6. The summed E-state index contributed by atoms with van der Waals surface area (Å²) in [7, 11) is -3.32. The molecular weight excluding hydrogens is 400 g/mol. The third kappa shape index (κ3) is 4.52. The quantitative estimate of drug-likeness (QED) is 0.609. The number of carbonyl (C=O) groups is 1. The van der Waals surface area contributed by atoms with Crippen LogP contribution in [-0.2, 0) is 14.8 Å². The number of sulfonamides is 1. The lowest BCUT2D eigenvalue weighted by Crippen LogP contribution is -2.29. The number of amides is 1. The Kier molecular flexibility index (Phi) is 5.29. The van der Waals surface area contributed by atoms with Gasteiger partial charge in [-0.2, -0.15) is 0 Å². The van der Waals surface area contributed by atoms with E-state index in [4.69, 9.17) is 4.74 Å². The van der Waals surface area contributed by atoms with Crippen LogP contribution in [0.25, 0.3) is 6.08 Å². The van der Waals surface area contributed by atoms with Crippen LogP contribution in [-0.4, -0.2) is 20.6 Å². The van der Waals surface area contributed by atoms with Gasteiger partial charge in [-0.05, 0) is 35.9 Å². The summed E-state index contributed by atoms with van der Waals surface area (Å²) in [5, 5.41) is 3.05. The van der Waals surface area contributed by atoms with Gasteiger partial charge in [-0.3, -0.25) is 9.52 Å². The first-order chi connectivity index (χ1) is 14.4. The summed E-state index contributed by atoms with van der Waals surface area (Å²) in [6.45, 7) is 0. The van der Waals surface area contributed by atoms with Gasteiger partial charge in [0.05, 0.1) is 12.3 Å². The summed E-state index contributed by atoms with van der Waals surface area (Å²) < 4.78 is 30.9. The molecule has 0 radical (unpaired) electrons. The van der Waals surface area contributed by atoms with Crippen molar-refractivity contribution >= 4 is 27.7 Å². The van der Waals surface area contributed by atoms with Crippen molar-refractivity contribution in [2.45, 2.75) is 6.04 Å². The number of nitrogens with one attached hydrogen (secondary N) is 2. The SMILES string of the molecule is CS(=O)(=O)Nc1ccc(/C=C/C(=O)NC2c3ccccc3Oc3ccccc32)cc1. The van der Waals surface area contributed by atoms with E-state index in [1.807, 2.05) is 48.5 Å². The minimum Gasteiger partial charge on any atom is -0.457 e. The van der Waals surface area contributed by atoms with Crippen LogP contribution < -0.4 is 14.8 Å². The van der Waals surface area contributed by atoms with E-state index < -0.39 is 10.0 Å². The first-order valence-corrected chi connectivity index (χ1v) is 11.2. The van der Waals surface area contributed by atoms with Crippen molar-refractivity contribution in [1.29, 1.82) is 0 Å². The van der Waals surface area contributed by atoms with Crippen LogP contribution in [0.4, 0.5) is 5.69 Å². The van der Waals surface area contributed by atoms with Gasteiger partial charge in [-0.25, -0.2) is 8.42 Å². The predicted molar refractivity (Wildman–Crippen MR) is 117 cm³/mol. The Labute approximate surface area is 175 Å². The minimum atomic E-state index is -3.32. The van der Waals surface area contributed by atoms with Gasteiger partial charge in [0.25, 0.3) is 0 Å². The normalized spacial score (nSPS) is 13.2. The van der Waals surface area contributed by atoms with Crippen LogP contribution in [0.3, 0.4) is 0 Å². The molecule has 152 valence electrons. The average molecular weight is 420 g/mol. The molecule has 0 atom stereocenters. The number of carbonyl (C=O) groups excluding carboxylic acids is 1. The second-order valence-corrected chi connectivity index (χ2v) is 8.70. The second-order valence-electron chi connectivity index (χ2n) is 6.95. The molecule has 0 saturated carbocycles. The molecule has 0 spiro atoms. The molecule has 3 aromatic carbocycles. The lowest BCUT2D eigenvalue weighted by Gasteiger charge is -2.28. The fourth-order valence-electron chi connectivity index (χ4n) is 3.30. The summed E-state index contributed by atoms with van der Waals surface area (Å²) >= 11 is 0. The third-order valence-corrected chi connectivity index (χ3v) is 5.21. The van der Waals surface area contributed by atoms with Crippen molar-refractivity contribution in [3.63, 3.8) is 0 Å². The van der Waals surface area contributed by atoms with Crippen LogP contribution in [0.1, 0.15) is 22.7 Å². The molecule has 0 unspecified atom stereocenters. The second kappa shape index (κ2) is 8.04. The number of rotatable bonds is 5. The number of ether oxygens (including phenoxy) is 1. The fraction of sp³-hybridized carbons (Fsp3) is 0.0870. The van der Waals surface area contributed by atoms with Crippen molar-refractivity contribution in [2.24, 2.45) is 0 Å². The molecule has 6 nitrogen and oxygen atoms in total.